The summed E-state index contributed by atoms with van der Waals surface area (Å²) in [5.74, 6) is -0.981. The number of halogens is 1. The fourth-order valence-corrected chi connectivity index (χ4v) is 3.86. The molecule has 1 heterocycles. The third kappa shape index (κ3) is 4.75. The average molecular weight is 444 g/mol. The largest absolute Gasteiger partial charge is 0.506 e. The molecule has 0 aromatic heterocycles. The van der Waals surface area contributed by atoms with Crippen LogP contribution in [0.3, 0.4) is 0 Å². The Bertz CT molecular complexity index is 1070. The highest BCUT2D eigenvalue weighted by Crippen LogP contribution is 2.39. The van der Waals surface area contributed by atoms with E-state index in [1.807, 2.05) is 0 Å². The molecule has 1 amide bonds. The van der Waals surface area contributed by atoms with Crippen molar-refractivity contribution < 1.29 is 24.2 Å². The monoisotopic (exact) mass is 443 g/mol. The van der Waals surface area contributed by atoms with E-state index >= 15 is 0 Å². The van der Waals surface area contributed by atoms with Gasteiger partial charge in [0.05, 0.1) is 29.2 Å². The van der Waals surface area contributed by atoms with Crippen molar-refractivity contribution in [3.05, 3.63) is 80.9 Å². The molecule has 1 N–H and O–H groups in total. The second kappa shape index (κ2) is 9.65. The second-order valence-corrected chi connectivity index (χ2v) is 7.47. The van der Waals surface area contributed by atoms with Gasteiger partial charge in [0.15, 0.2) is 0 Å². The van der Waals surface area contributed by atoms with Gasteiger partial charge < -0.3 is 14.6 Å². The fraction of sp³-hybridized carbons (Fsp3) is 0.136. The number of hydrogen-bond donors (Lipinski definition) is 1. The van der Waals surface area contributed by atoms with Gasteiger partial charge in [-0.15, -0.1) is 0 Å². The van der Waals surface area contributed by atoms with Gasteiger partial charge in [-0.3, -0.25) is 4.79 Å². The van der Waals surface area contributed by atoms with Crippen molar-refractivity contribution in [2.45, 2.75) is 6.92 Å². The highest BCUT2D eigenvalue weighted by molar-refractivity contribution is 8.18. The molecule has 0 saturated carbocycles. The lowest BCUT2D eigenvalue weighted by Crippen LogP contribution is -2.14. The molecular formula is C22H18ClNO5S. The summed E-state index contributed by atoms with van der Waals surface area (Å²) >= 11 is 7.08. The lowest BCUT2D eigenvalue weighted by atomic mass is 10.1. The number of aliphatic hydroxyl groups is 1. The van der Waals surface area contributed by atoms with Crippen LogP contribution in [0, 0.1) is 0 Å². The second-order valence-electron chi connectivity index (χ2n) is 6.03. The van der Waals surface area contributed by atoms with Crippen molar-refractivity contribution in [3.8, 4) is 5.75 Å². The van der Waals surface area contributed by atoms with Crippen molar-refractivity contribution in [1.82, 2.24) is 0 Å². The number of hydrogen-bond acceptors (Lipinski definition) is 6. The number of ether oxygens (including phenoxy) is 2. The van der Waals surface area contributed by atoms with E-state index in [1.54, 1.807) is 62.6 Å². The van der Waals surface area contributed by atoms with E-state index in [9.17, 15) is 14.7 Å². The number of carbonyl (C=O) groups excluding carboxylic acids is 2. The topological polar surface area (TPSA) is 85.2 Å². The lowest BCUT2D eigenvalue weighted by Gasteiger charge is -2.04. The maximum absolute atomic E-state index is 12.6. The molecule has 2 aromatic carbocycles. The highest BCUT2D eigenvalue weighted by atomic mass is 35.5. The van der Waals surface area contributed by atoms with Crippen molar-refractivity contribution in [2.24, 2.45) is 4.99 Å². The van der Waals surface area contributed by atoms with Gasteiger partial charge in [-0.2, -0.15) is 0 Å². The number of rotatable bonds is 5. The van der Waals surface area contributed by atoms with Crippen molar-refractivity contribution in [2.75, 3.05) is 13.7 Å². The number of esters is 1. The zero-order valence-corrected chi connectivity index (χ0v) is 17.8. The maximum atomic E-state index is 12.6. The van der Waals surface area contributed by atoms with Gasteiger partial charge in [-0.05, 0) is 42.8 Å². The molecule has 0 radical (unpaired) electrons. The Morgan fingerprint density at radius 2 is 1.87 bits per heavy atom. The number of amides is 1. The Labute approximate surface area is 182 Å². The van der Waals surface area contributed by atoms with E-state index in [2.05, 4.69) is 4.99 Å². The van der Waals surface area contributed by atoms with E-state index in [0.717, 1.165) is 17.3 Å². The van der Waals surface area contributed by atoms with E-state index in [4.69, 9.17) is 21.1 Å². The van der Waals surface area contributed by atoms with Crippen LogP contribution in [0.15, 0.2) is 69.8 Å². The van der Waals surface area contributed by atoms with Gasteiger partial charge in [0.2, 0.25) is 0 Å². The van der Waals surface area contributed by atoms with Crippen molar-refractivity contribution >= 4 is 46.4 Å². The molecule has 154 valence electrons. The predicted octanol–water partition coefficient (Wildman–Crippen LogP) is 5.05. The third-order valence-corrected chi connectivity index (χ3v) is 5.44. The third-order valence-electron chi connectivity index (χ3n) is 4.09. The number of aliphatic imine (C=N–C) groups is 1. The molecule has 0 saturated heterocycles. The number of aliphatic hydroxyl groups excluding tert-OH is 1. The van der Waals surface area contributed by atoms with Crippen molar-refractivity contribution in [1.29, 1.82) is 0 Å². The summed E-state index contributed by atoms with van der Waals surface area (Å²) in [6.45, 7) is 1.76. The standard InChI is InChI=1S/C22H18ClNO5S/c1-3-29-22(27)18-19(25)17(12-13-8-10-14(28-2)11-9-13)30-21(18)24-20(26)15-6-4-5-7-16(15)23/h4-12,25H,3H2,1-2H3. The Morgan fingerprint density at radius 1 is 1.17 bits per heavy atom. The zero-order valence-electron chi connectivity index (χ0n) is 16.2. The van der Waals surface area contributed by atoms with Crippen LogP contribution in [0.4, 0.5) is 0 Å². The molecule has 1 aliphatic rings. The molecule has 8 heteroatoms. The van der Waals surface area contributed by atoms with Gasteiger partial charge in [-0.25, -0.2) is 9.79 Å². The van der Waals surface area contributed by atoms with Crippen molar-refractivity contribution in [3.63, 3.8) is 0 Å². The fourth-order valence-electron chi connectivity index (χ4n) is 2.63. The molecule has 3 rings (SSSR count). The SMILES string of the molecule is CCOC(=O)C1=C(O)C(=Cc2ccc(OC)cc2)SC1=NC(=O)c1ccccc1Cl. The quantitative estimate of drug-likeness (QED) is 0.651. The van der Waals surface area contributed by atoms with E-state index in [1.165, 1.54) is 6.07 Å². The van der Waals surface area contributed by atoms with E-state index in [-0.39, 0.29) is 33.6 Å². The normalized spacial score (nSPS) is 16.2. The first-order chi connectivity index (χ1) is 14.4. The summed E-state index contributed by atoms with van der Waals surface area (Å²) < 4.78 is 10.2. The number of carbonyl (C=O) groups is 2. The summed E-state index contributed by atoms with van der Waals surface area (Å²) in [5.41, 5.74) is 0.816. The van der Waals surface area contributed by atoms with Crippen LogP contribution in [0.1, 0.15) is 22.8 Å². The zero-order chi connectivity index (χ0) is 21.7. The van der Waals surface area contributed by atoms with Gasteiger partial charge >= 0.3 is 5.97 Å². The van der Waals surface area contributed by atoms with Gasteiger partial charge in [0, 0.05) is 0 Å². The van der Waals surface area contributed by atoms with E-state index in [0.29, 0.717) is 10.7 Å². The molecule has 0 spiro atoms. The number of thioether (sulfide) groups is 1. The Hall–Kier alpha value is -3.03. The molecule has 0 atom stereocenters. The van der Waals surface area contributed by atoms with Gasteiger partial charge in [-0.1, -0.05) is 47.6 Å². The molecule has 30 heavy (non-hydrogen) atoms. The molecule has 0 bridgehead atoms. The van der Waals surface area contributed by atoms with Crippen LogP contribution in [-0.4, -0.2) is 35.7 Å². The first kappa shape index (κ1) is 21.7. The molecule has 6 nitrogen and oxygen atoms in total. The Morgan fingerprint density at radius 3 is 2.50 bits per heavy atom. The summed E-state index contributed by atoms with van der Waals surface area (Å²) in [5, 5.41) is 11.0. The molecular weight excluding hydrogens is 426 g/mol. The molecule has 0 unspecified atom stereocenters. The number of benzene rings is 2. The Kier molecular flexibility index (Phi) is 6.97. The first-order valence-electron chi connectivity index (χ1n) is 8.96. The minimum atomic E-state index is -0.758. The smallest absolute Gasteiger partial charge is 0.344 e. The first-order valence-corrected chi connectivity index (χ1v) is 10.2. The van der Waals surface area contributed by atoms with Gasteiger partial charge in [0.25, 0.3) is 5.91 Å². The summed E-state index contributed by atoms with van der Waals surface area (Å²) in [6, 6.07) is 13.6. The minimum Gasteiger partial charge on any atom is -0.506 e. The predicted molar refractivity (Wildman–Crippen MR) is 118 cm³/mol. The van der Waals surface area contributed by atoms with Crippen LogP contribution in [-0.2, 0) is 9.53 Å². The van der Waals surface area contributed by atoms with Crippen LogP contribution in [0.2, 0.25) is 5.02 Å². The summed E-state index contributed by atoms with van der Waals surface area (Å²) in [4.78, 5) is 29.4. The van der Waals surface area contributed by atoms with Crippen LogP contribution < -0.4 is 4.74 Å². The molecule has 2 aromatic rings. The average Bonchev–Trinajstić information content (AvgIpc) is 3.03. The Balaban J connectivity index is 2.00. The molecule has 0 aliphatic carbocycles. The van der Waals surface area contributed by atoms with Crippen LogP contribution >= 0.6 is 23.4 Å². The van der Waals surface area contributed by atoms with Crippen LogP contribution in [0.25, 0.3) is 6.08 Å². The molecule has 1 aliphatic heterocycles. The summed E-state index contributed by atoms with van der Waals surface area (Å²) in [7, 11) is 1.57. The van der Waals surface area contributed by atoms with Crippen LogP contribution in [0.5, 0.6) is 5.75 Å². The summed E-state index contributed by atoms with van der Waals surface area (Å²) in [6.07, 6.45) is 1.68. The number of methoxy groups -OCH3 is 1. The maximum Gasteiger partial charge on any atom is 0.344 e. The molecule has 0 fully saturated rings. The van der Waals surface area contributed by atoms with Gasteiger partial charge in [0.1, 0.15) is 22.1 Å². The minimum absolute atomic E-state index is 0.0515. The lowest BCUT2D eigenvalue weighted by molar-refractivity contribution is -0.138. The highest BCUT2D eigenvalue weighted by Gasteiger charge is 2.34. The van der Waals surface area contributed by atoms with E-state index < -0.39 is 11.9 Å². The number of nitrogens with zero attached hydrogens (tertiary/aromatic N) is 1.